The van der Waals surface area contributed by atoms with Gasteiger partial charge in [-0.3, -0.25) is 9.69 Å². The predicted octanol–water partition coefficient (Wildman–Crippen LogP) is 7.36. The Labute approximate surface area is 200 Å². The Bertz CT molecular complexity index is 950. The number of allylic oxidation sites excluding steroid dienone is 5. The van der Waals surface area contributed by atoms with Crippen LogP contribution in [0.25, 0.3) is 0 Å². The molecule has 2 fully saturated rings. The van der Waals surface area contributed by atoms with E-state index < -0.39 is 0 Å². The molecule has 3 heteroatoms. The van der Waals surface area contributed by atoms with Crippen molar-refractivity contribution in [3.8, 4) is 0 Å². The summed E-state index contributed by atoms with van der Waals surface area (Å²) < 4.78 is 0. The molecule has 0 aromatic heterocycles. The number of carbonyl (C=O) groups excluding carboxylic acids is 1. The van der Waals surface area contributed by atoms with Gasteiger partial charge in [-0.25, -0.2) is 0 Å². The van der Waals surface area contributed by atoms with Gasteiger partial charge in [0.15, 0.2) is 0 Å². The van der Waals surface area contributed by atoms with Gasteiger partial charge in [-0.05, 0) is 61.7 Å². The minimum Gasteiger partial charge on any atom is -0.340 e. The van der Waals surface area contributed by atoms with Gasteiger partial charge in [0.05, 0.1) is 12.0 Å². The lowest BCUT2D eigenvalue weighted by molar-refractivity contribution is -0.129. The van der Waals surface area contributed by atoms with Crippen LogP contribution in [0, 0.1) is 17.8 Å². The van der Waals surface area contributed by atoms with E-state index in [-0.39, 0.29) is 12.0 Å². The maximum atomic E-state index is 14.0. The van der Waals surface area contributed by atoms with E-state index in [1.807, 2.05) is 0 Å². The normalized spacial score (nSPS) is 34.8. The first kappa shape index (κ1) is 21.5. The average molecular weight is 445 g/mol. The summed E-state index contributed by atoms with van der Waals surface area (Å²) in [5.41, 5.74) is 6.79. The van der Waals surface area contributed by atoms with Crippen molar-refractivity contribution in [2.45, 2.75) is 102 Å². The van der Waals surface area contributed by atoms with Gasteiger partial charge in [-0.15, -0.1) is 0 Å². The Hall–Kier alpha value is -2.03. The largest absolute Gasteiger partial charge is 0.340 e. The minimum absolute atomic E-state index is 0.0542. The lowest BCUT2D eigenvalue weighted by Gasteiger charge is -2.37. The minimum atomic E-state index is -0.0542. The maximum Gasteiger partial charge on any atom is 0.240 e. The van der Waals surface area contributed by atoms with Crippen LogP contribution in [0.5, 0.6) is 0 Å². The Morgan fingerprint density at radius 1 is 0.818 bits per heavy atom. The van der Waals surface area contributed by atoms with Crippen LogP contribution >= 0.6 is 0 Å². The summed E-state index contributed by atoms with van der Waals surface area (Å²) in [6, 6.07) is 0.167. The van der Waals surface area contributed by atoms with Crippen molar-refractivity contribution in [2.75, 3.05) is 0 Å². The number of amides is 1. The number of rotatable bonds is 0. The van der Waals surface area contributed by atoms with Gasteiger partial charge in [0, 0.05) is 35.3 Å². The summed E-state index contributed by atoms with van der Waals surface area (Å²) in [5.74, 6) is 1.32. The fraction of sp³-hybridized carbons (Fsp3) is 0.633. The monoisotopic (exact) mass is 444 g/mol. The van der Waals surface area contributed by atoms with Crippen molar-refractivity contribution in [3.05, 3.63) is 59.2 Å². The molecule has 1 amide bonds. The van der Waals surface area contributed by atoms with Crippen molar-refractivity contribution in [3.63, 3.8) is 0 Å². The number of hydrogen-bond acceptors (Lipinski definition) is 2. The third kappa shape index (κ3) is 3.58. The van der Waals surface area contributed by atoms with Gasteiger partial charge in [0.2, 0.25) is 5.91 Å². The molecule has 0 radical (unpaired) electrons. The van der Waals surface area contributed by atoms with Crippen molar-refractivity contribution < 1.29 is 4.79 Å². The Morgan fingerprint density at radius 2 is 1.52 bits per heavy atom. The first-order valence-corrected chi connectivity index (χ1v) is 13.9. The second-order valence-electron chi connectivity index (χ2n) is 11.2. The summed E-state index contributed by atoms with van der Waals surface area (Å²) in [6.45, 7) is 4.61. The first-order valence-electron chi connectivity index (χ1n) is 13.9. The molecule has 4 atom stereocenters. The SMILES string of the molecule is C=C1C2=C3C4CCCCCCCC4C=CN3C(=O)C2C2C3=C(C=CN12)CCCCCCCC3. The molecule has 2 aliphatic carbocycles. The van der Waals surface area contributed by atoms with Gasteiger partial charge in [-0.2, -0.15) is 0 Å². The van der Waals surface area contributed by atoms with Crippen molar-refractivity contribution in [1.29, 1.82) is 0 Å². The van der Waals surface area contributed by atoms with E-state index in [0.717, 1.165) is 12.1 Å². The molecule has 0 aromatic rings. The second kappa shape index (κ2) is 8.96. The number of carbonyl (C=O) groups is 1. The lowest BCUT2D eigenvalue weighted by atomic mass is 9.78. The highest BCUT2D eigenvalue weighted by atomic mass is 16.2. The first-order chi connectivity index (χ1) is 16.3. The van der Waals surface area contributed by atoms with E-state index in [4.69, 9.17) is 0 Å². The molecule has 6 rings (SSSR count). The molecule has 0 N–H and O–H groups in total. The van der Waals surface area contributed by atoms with Gasteiger partial charge >= 0.3 is 0 Å². The van der Waals surface area contributed by atoms with Crippen LogP contribution in [0.1, 0.15) is 96.3 Å². The number of hydrogen-bond donors (Lipinski definition) is 0. The predicted molar refractivity (Wildman–Crippen MR) is 134 cm³/mol. The molecular weight excluding hydrogens is 404 g/mol. The van der Waals surface area contributed by atoms with Gasteiger partial charge in [0.1, 0.15) is 0 Å². The summed E-state index contributed by atoms with van der Waals surface area (Å²) in [7, 11) is 0. The molecule has 4 aliphatic heterocycles. The van der Waals surface area contributed by atoms with Gasteiger partial charge in [-0.1, -0.05) is 70.4 Å². The van der Waals surface area contributed by atoms with E-state index in [2.05, 4.69) is 40.9 Å². The Balaban J connectivity index is 1.41. The lowest BCUT2D eigenvalue weighted by Crippen LogP contribution is -2.40. The third-order valence-electron chi connectivity index (χ3n) is 9.34. The van der Waals surface area contributed by atoms with Gasteiger partial charge in [0.25, 0.3) is 0 Å². The van der Waals surface area contributed by atoms with Crippen molar-refractivity contribution in [2.24, 2.45) is 17.8 Å². The highest BCUT2D eigenvalue weighted by Gasteiger charge is 2.55. The van der Waals surface area contributed by atoms with Crippen LogP contribution in [0.4, 0.5) is 0 Å². The Kier molecular flexibility index (Phi) is 5.84. The van der Waals surface area contributed by atoms with Crippen LogP contribution < -0.4 is 0 Å². The summed E-state index contributed by atoms with van der Waals surface area (Å²) >= 11 is 0. The standard InChI is InChI=1S/C30H40N2O/c1-21-26-27(29-25-16-11-7-3-2-5-9-13-22(25)17-19-31(21)29)30(33)32-20-18-23-14-10-6-4-8-12-15-24(23)28(26)32/h17-20,23-24,27,29H,1-16H2. The molecule has 0 spiro atoms. The van der Waals surface area contributed by atoms with E-state index in [1.54, 1.807) is 5.57 Å². The smallest absolute Gasteiger partial charge is 0.240 e. The number of nitrogens with zero attached hydrogens (tertiary/aromatic N) is 2. The van der Waals surface area contributed by atoms with Crippen molar-refractivity contribution >= 4 is 5.91 Å². The molecule has 6 aliphatic rings. The number of fused-ring (bicyclic) bond motifs is 7. The average Bonchev–Trinajstić information content (AvgIpc) is 3.33. The highest BCUT2D eigenvalue weighted by molar-refractivity contribution is 5.92. The summed E-state index contributed by atoms with van der Waals surface area (Å²) in [4.78, 5) is 18.4. The third-order valence-corrected chi connectivity index (χ3v) is 9.34. The van der Waals surface area contributed by atoms with E-state index in [0.29, 0.717) is 17.7 Å². The zero-order valence-corrected chi connectivity index (χ0v) is 20.2. The molecule has 3 nitrogen and oxygen atoms in total. The molecule has 4 heterocycles. The summed E-state index contributed by atoms with van der Waals surface area (Å²) in [6.07, 6.45) is 28.5. The van der Waals surface area contributed by atoms with Gasteiger partial charge < -0.3 is 4.90 Å². The van der Waals surface area contributed by atoms with Crippen LogP contribution in [-0.4, -0.2) is 21.7 Å². The zero-order chi connectivity index (χ0) is 22.4. The molecular formula is C30H40N2O. The highest BCUT2D eigenvalue weighted by Crippen LogP contribution is 2.55. The van der Waals surface area contributed by atoms with E-state index >= 15 is 0 Å². The molecule has 1 saturated carbocycles. The molecule has 33 heavy (non-hydrogen) atoms. The second-order valence-corrected chi connectivity index (χ2v) is 11.2. The quantitative estimate of drug-likeness (QED) is 0.390. The summed E-state index contributed by atoms with van der Waals surface area (Å²) in [5, 5.41) is 0. The van der Waals surface area contributed by atoms with Crippen LogP contribution in [0.2, 0.25) is 0 Å². The molecule has 1 saturated heterocycles. The maximum absolute atomic E-state index is 14.0. The molecule has 176 valence electrons. The fourth-order valence-electron chi connectivity index (χ4n) is 7.67. The van der Waals surface area contributed by atoms with Crippen LogP contribution in [0.3, 0.4) is 0 Å². The molecule has 0 bridgehead atoms. The van der Waals surface area contributed by atoms with Crippen LogP contribution in [-0.2, 0) is 4.79 Å². The van der Waals surface area contributed by atoms with E-state index in [1.165, 1.54) is 107 Å². The van der Waals surface area contributed by atoms with E-state index in [9.17, 15) is 4.79 Å². The van der Waals surface area contributed by atoms with Crippen LogP contribution in [0.15, 0.2) is 59.2 Å². The molecule has 0 aromatic carbocycles. The zero-order valence-electron chi connectivity index (χ0n) is 20.2. The topological polar surface area (TPSA) is 23.6 Å². The Morgan fingerprint density at radius 3 is 2.33 bits per heavy atom. The van der Waals surface area contributed by atoms with Crippen molar-refractivity contribution in [1.82, 2.24) is 9.80 Å². The molecule has 4 unspecified atom stereocenters. The fourth-order valence-corrected chi connectivity index (χ4v) is 7.67.